The van der Waals surface area contributed by atoms with Crippen molar-refractivity contribution in [2.75, 3.05) is 5.32 Å². The molecule has 0 aromatic heterocycles. The van der Waals surface area contributed by atoms with Gasteiger partial charge in [0.05, 0.1) is 0 Å². The Kier molecular flexibility index (Phi) is 5.44. The highest BCUT2D eigenvalue weighted by molar-refractivity contribution is 6.35. The van der Waals surface area contributed by atoms with Gasteiger partial charge in [0, 0.05) is 15.7 Å². The average Bonchev–Trinajstić information content (AvgIpc) is 2.50. The van der Waals surface area contributed by atoms with E-state index in [-0.39, 0.29) is 5.57 Å². The van der Waals surface area contributed by atoms with Crippen molar-refractivity contribution in [3.05, 3.63) is 68.7 Å². The van der Waals surface area contributed by atoms with Crippen LogP contribution >= 0.6 is 23.2 Å². The molecule has 0 aliphatic carbocycles. The predicted octanol–water partition coefficient (Wildman–Crippen LogP) is 5.16. The molecule has 0 spiro atoms. The SMILES string of the molecule is Cc1ccc(NC(=O)C(C#N)=Cc2ccc(Cl)cc2Cl)cc1C. The molecule has 0 unspecified atom stereocenters. The van der Waals surface area contributed by atoms with E-state index in [0.29, 0.717) is 21.3 Å². The number of aryl methyl sites for hydroxylation is 2. The summed E-state index contributed by atoms with van der Waals surface area (Å²) in [6, 6.07) is 12.3. The topological polar surface area (TPSA) is 52.9 Å². The maximum atomic E-state index is 12.3. The molecule has 0 aliphatic rings. The molecule has 0 aliphatic heterocycles. The summed E-state index contributed by atoms with van der Waals surface area (Å²) in [5, 5.41) is 12.8. The number of carbonyl (C=O) groups is 1. The van der Waals surface area contributed by atoms with E-state index >= 15 is 0 Å². The predicted molar refractivity (Wildman–Crippen MR) is 94.6 cm³/mol. The van der Waals surface area contributed by atoms with Gasteiger partial charge < -0.3 is 5.32 Å². The number of hydrogen-bond acceptors (Lipinski definition) is 2. The minimum atomic E-state index is -0.484. The van der Waals surface area contributed by atoms with Crippen LogP contribution in [0.25, 0.3) is 6.08 Å². The lowest BCUT2D eigenvalue weighted by molar-refractivity contribution is -0.112. The fourth-order valence-electron chi connectivity index (χ4n) is 1.94. The molecule has 3 nitrogen and oxygen atoms in total. The van der Waals surface area contributed by atoms with Gasteiger partial charge in [-0.1, -0.05) is 35.3 Å². The van der Waals surface area contributed by atoms with Gasteiger partial charge in [0.2, 0.25) is 0 Å². The maximum Gasteiger partial charge on any atom is 0.266 e. The molecule has 1 amide bonds. The summed E-state index contributed by atoms with van der Waals surface area (Å²) < 4.78 is 0. The number of anilines is 1. The van der Waals surface area contributed by atoms with E-state index in [0.717, 1.165) is 11.1 Å². The van der Waals surface area contributed by atoms with Crippen molar-refractivity contribution in [3.63, 3.8) is 0 Å². The standard InChI is InChI=1S/C18H14Cl2N2O/c1-11-3-6-16(7-12(11)2)22-18(23)14(10-21)8-13-4-5-15(19)9-17(13)20/h3-9H,1-2H3,(H,22,23). The molecule has 2 rings (SSSR count). The monoisotopic (exact) mass is 344 g/mol. The van der Waals surface area contributed by atoms with Gasteiger partial charge in [0.25, 0.3) is 5.91 Å². The summed E-state index contributed by atoms with van der Waals surface area (Å²) in [4.78, 5) is 12.3. The van der Waals surface area contributed by atoms with Crippen LogP contribution in [0.3, 0.4) is 0 Å². The second-order valence-electron chi connectivity index (χ2n) is 5.09. The van der Waals surface area contributed by atoms with Gasteiger partial charge in [-0.25, -0.2) is 0 Å². The van der Waals surface area contributed by atoms with Crippen LogP contribution in [-0.2, 0) is 4.79 Å². The maximum absolute atomic E-state index is 12.3. The molecule has 0 atom stereocenters. The number of benzene rings is 2. The number of hydrogen-bond donors (Lipinski definition) is 1. The molecule has 0 heterocycles. The van der Waals surface area contributed by atoms with Crippen molar-refractivity contribution >= 4 is 40.9 Å². The molecule has 1 N–H and O–H groups in total. The molecule has 5 heteroatoms. The summed E-state index contributed by atoms with van der Waals surface area (Å²) in [5.41, 5.74) is 3.36. The molecular formula is C18H14Cl2N2O. The fraction of sp³-hybridized carbons (Fsp3) is 0.111. The third-order valence-electron chi connectivity index (χ3n) is 3.39. The van der Waals surface area contributed by atoms with Crippen LogP contribution in [0.5, 0.6) is 0 Å². The number of nitriles is 1. The number of nitrogens with one attached hydrogen (secondary N) is 1. The van der Waals surface area contributed by atoms with Gasteiger partial charge in [-0.2, -0.15) is 5.26 Å². The second-order valence-corrected chi connectivity index (χ2v) is 5.93. The third kappa shape index (κ3) is 4.35. The Balaban J connectivity index is 2.26. The van der Waals surface area contributed by atoms with E-state index in [4.69, 9.17) is 23.2 Å². The van der Waals surface area contributed by atoms with Crippen molar-refractivity contribution in [2.45, 2.75) is 13.8 Å². The van der Waals surface area contributed by atoms with Gasteiger partial charge in [0.15, 0.2) is 0 Å². The van der Waals surface area contributed by atoms with Crippen LogP contribution < -0.4 is 5.32 Å². The van der Waals surface area contributed by atoms with Crippen molar-refractivity contribution in [1.82, 2.24) is 0 Å². The Labute approximate surface area is 145 Å². The van der Waals surface area contributed by atoms with E-state index in [1.807, 2.05) is 32.0 Å². The van der Waals surface area contributed by atoms with Gasteiger partial charge in [-0.3, -0.25) is 4.79 Å². The van der Waals surface area contributed by atoms with Crippen LogP contribution in [0, 0.1) is 25.2 Å². The van der Waals surface area contributed by atoms with Crippen molar-refractivity contribution < 1.29 is 4.79 Å². The van der Waals surface area contributed by atoms with E-state index in [2.05, 4.69) is 5.32 Å². The Bertz CT molecular complexity index is 835. The first-order valence-electron chi connectivity index (χ1n) is 6.86. The minimum Gasteiger partial charge on any atom is -0.321 e. The van der Waals surface area contributed by atoms with Gasteiger partial charge in [0.1, 0.15) is 11.6 Å². The average molecular weight is 345 g/mol. The Morgan fingerprint density at radius 3 is 2.48 bits per heavy atom. The van der Waals surface area contributed by atoms with E-state index in [1.165, 1.54) is 6.08 Å². The molecule has 23 heavy (non-hydrogen) atoms. The second kappa shape index (κ2) is 7.32. The highest BCUT2D eigenvalue weighted by Crippen LogP contribution is 2.23. The van der Waals surface area contributed by atoms with Gasteiger partial charge in [-0.05, 0) is 60.9 Å². The van der Waals surface area contributed by atoms with E-state index in [1.54, 1.807) is 24.3 Å². The third-order valence-corrected chi connectivity index (χ3v) is 3.95. The van der Waals surface area contributed by atoms with Crippen LogP contribution in [-0.4, -0.2) is 5.91 Å². The fourth-order valence-corrected chi connectivity index (χ4v) is 2.40. The van der Waals surface area contributed by atoms with E-state index < -0.39 is 5.91 Å². The first kappa shape index (κ1) is 17.1. The molecule has 2 aromatic carbocycles. The first-order chi connectivity index (χ1) is 10.9. The van der Waals surface area contributed by atoms with Crippen LogP contribution in [0.4, 0.5) is 5.69 Å². The lowest BCUT2D eigenvalue weighted by atomic mass is 10.1. The van der Waals surface area contributed by atoms with Crippen LogP contribution in [0.15, 0.2) is 42.0 Å². The summed E-state index contributed by atoms with van der Waals surface area (Å²) in [6.07, 6.45) is 1.44. The van der Waals surface area contributed by atoms with Crippen LogP contribution in [0.2, 0.25) is 10.0 Å². The lowest BCUT2D eigenvalue weighted by Crippen LogP contribution is -2.13. The molecular weight excluding hydrogens is 331 g/mol. The molecule has 0 saturated carbocycles. The smallest absolute Gasteiger partial charge is 0.266 e. The molecule has 0 bridgehead atoms. The summed E-state index contributed by atoms with van der Waals surface area (Å²) in [7, 11) is 0. The van der Waals surface area contributed by atoms with Crippen LogP contribution in [0.1, 0.15) is 16.7 Å². The normalized spacial score (nSPS) is 11.0. The molecule has 0 saturated heterocycles. The Morgan fingerprint density at radius 1 is 1.13 bits per heavy atom. The first-order valence-corrected chi connectivity index (χ1v) is 7.62. The van der Waals surface area contributed by atoms with Crippen molar-refractivity contribution in [3.8, 4) is 6.07 Å². The molecule has 2 aromatic rings. The van der Waals surface area contributed by atoms with Gasteiger partial charge >= 0.3 is 0 Å². The molecule has 116 valence electrons. The zero-order valence-electron chi connectivity index (χ0n) is 12.7. The largest absolute Gasteiger partial charge is 0.321 e. The number of carbonyl (C=O) groups excluding carboxylic acids is 1. The molecule has 0 radical (unpaired) electrons. The Hall–Kier alpha value is -2.28. The summed E-state index contributed by atoms with van der Waals surface area (Å²) in [6.45, 7) is 3.95. The number of nitrogens with zero attached hydrogens (tertiary/aromatic N) is 1. The van der Waals surface area contributed by atoms with E-state index in [9.17, 15) is 10.1 Å². The summed E-state index contributed by atoms with van der Waals surface area (Å²) >= 11 is 11.9. The zero-order valence-corrected chi connectivity index (χ0v) is 14.2. The quantitative estimate of drug-likeness (QED) is 0.617. The highest BCUT2D eigenvalue weighted by atomic mass is 35.5. The number of amides is 1. The number of halogens is 2. The highest BCUT2D eigenvalue weighted by Gasteiger charge is 2.11. The summed E-state index contributed by atoms with van der Waals surface area (Å²) in [5.74, 6) is -0.484. The van der Waals surface area contributed by atoms with Gasteiger partial charge in [-0.15, -0.1) is 0 Å². The molecule has 0 fully saturated rings. The Morgan fingerprint density at radius 2 is 1.87 bits per heavy atom. The van der Waals surface area contributed by atoms with Crippen molar-refractivity contribution in [2.24, 2.45) is 0 Å². The zero-order chi connectivity index (χ0) is 17.0. The number of rotatable bonds is 3. The minimum absolute atomic E-state index is 0.0348. The lowest BCUT2D eigenvalue weighted by Gasteiger charge is -2.07. The van der Waals surface area contributed by atoms with Crippen molar-refractivity contribution in [1.29, 1.82) is 5.26 Å².